The zero-order valence-corrected chi connectivity index (χ0v) is 24.7. The number of carbonyl (C=O) groups excluding carboxylic acids is 1. The number of hydrogen-bond donors (Lipinski definition) is 0. The summed E-state index contributed by atoms with van der Waals surface area (Å²) in [6, 6.07) is 13.7. The number of benzene rings is 2. The van der Waals surface area contributed by atoms with Crippen LogP contribution in [-0.4, -0.2) is 44.7 Å². The van der Waals surface area contributed by atoms with E-state index in [2.05, 4.69) is 15.0 Å². The van der Waals surface area contributed by atoms with Crippen molar-refractivity contribution in [1.29, 1.82) is 0 Å². The van der Waals surface area contributed by atoms with Gasteiger partial charge in [0.15, 0.2) is 0 Å². The number of rotatable bonds is 9. The first-order valence-corrected chi connectivity index (χ1v) is 14.3. The Hall–Kier alpha value is -3.92. The van der Waals surface area contributed by atoms with Crippen LogP contribution in [0, 0.1) is 6.92 Å². The second kappa shape index (κ2) is 11.9. The van der Waals surface area contributed by atoms with Crippen molar-refractivity contribution in [2.24, 2.45) is 0 Å². The van der Waals surface area contributed by atoms with Crippen LogP contribution in [0.15, 0.2) is 61.1 Å². The Labute approximate surface area is 247 Å². The van der Waals surface area contributed by atoms with Crippen molar-refractivity contribution in [3.05, 3.63) is 77.2 Å². The van der Waals surface area contributed by atoms with Crippen LogP contribution in [0.2, 0.25) is 5.02 Å². The lowest BCUT2D eigenvalue weighted by atomic mass is 9.93. The van der Waals surface area contributed by atoms with E-state index in [0.717, 1.165) is 48.6 Å². The average Bonchev–Trinajstić information content (AvgIpc) is 3.37. The molecular formula is C31H28ClN4O4S-. The first kappa shape index (κ1) is 28.6. The third-order valence-electron chi connectivity index (χ3n) is 6.25. The number of thiazole rings is 1. The normalized spacial score (nSPS) is 11.6. The average molecular weight is 588 g/mol. The van der Waals surface area contributed by atoms with Crippen molar-refractivity contribution in [3.8, 4) is 39.0 Å². The fraction of sp³-hybridized carbons (Fsp3) is 0.258. The van der Waals surface area contributed by atoms with Gasteiger partial charge in [0, 0.05) is 40.3 Å². The van der Waals surface area contributed by atoms with E-state index in [9.17, 15) is 9.90 Å². The molecule has 41 heavy (non-hydrogen) atoms. The molecule has 3 heterocycles. The van der Waals surface area contributed by atoms with Crippen LogP contribution in [0.5, 0.6) is 6.01 Å². The molecule has 0 saturated heterocycles. The monoisotopic (exact) mass is 587 g/mol. The number of aryl methyl sites for hydroxylation is 1. The quantitative estimate of drug-likeness (QED) is 0.191. The molecule has 0 N–H and O–H groups in total. The molecule has 0 aliphatic rings. The van der Waals surface area contributed by atoms with Gasteiger partial charge < -0.3 is 14.6 Å². The summed E-state index contributed by atoms with van der Waals surface area (Å²) in [6.07, 6.45) is 5.13. The highest BCUT2D eigenvalue weighted by Crippen LogP contribution is 2.41. The first-order chi connectivity index (χ1) is 19.6. The largest absolute Gasteiger partial charge is 0.847 e. The van der Waals surface area contributed by atoms with E-state index >= 15 is 0 Å². The molecule has 0 atom stereocenters. The van der Waals surface area contributed by atoms with Gasteiger partial charge in [-0.15, -0.1) is 11.3 Å². The number of esters is 1. The van der Waals surface area contributed by atoms with Gasteiger partial charge in [0.2, 0.25) is 0 Å². The third kappa shape index (κ3) is 6.70. The highest BCUT2D eigenvalue weighted by molar-refractivity contribution is 7.22. The molecule has 0 aliphatic heterocycles. The van der Waals surface area contributed by atoms with Crippen molar-refractivity contribution >= 4 is 39.1 Å². The van der Waals surface area contributed by atoms with E-state index < -0.39 is 11.6 Å². The molecule has 8 nitrogen and oxygen atoms in total. The van der Waals surface area contributed by atoms with Gasteiger partial charge in [-0.2, -0.15) is 0 Å². The predicted molar refractivity (Wildman–Crippen MR) is 159 cm³/mol. The maximum Gasteiger partial charge on any atom is 0.316 e. The number of nitrogens with zero attached hydrogens (tertiary/aromatic N) is 4. The van der Waals surface area contributed by atoms with Gasteiger partial charge in [-0.25, -0.2) is 15.0 Å². The van der Waals surface area contributed by atoms with Crippen LogP contribution in [0.4, 0.5) is 0 Å². The molecule has 0 spiro atoms. The molecule has 0 amide bonds. The van der Waals surface area contributed by atoms with Crippen LogP contribution < -0.4 is 9.84 Å². The minimum atomic E-state index is -1.36. The van der Waals surface area contributed by atoms with Crippen LogP contribution in [0.25, 0.3) is 43.2 Å². The van der Waals surface area contributed by atoms with E-state index in [0.29, 0.717) is 23.3 Å². The molecule has 0 fully saturated rings. The highest BCUT2D eigenvalue weighted by Gasteiger charge is 2.21. The van der Waals surface area contributed by atoms with Crippen molar-refractivity contribution < 1.29 is 19.4 Å². The summed E-state index contributed by atoms with van der Waals surface area (Å²) in [6.45, 7) is 7.10. The molecule has 0 unspecified atom stereocenters. The topological polar surface area (TPSA) is 110 Å². The number of halogens is 1. The fourth-order valence-corrected chi connectivity index (χ4v) is 5.59. The van der Waals surface area contributed by atoms with Gasteiger partial charge in [-0.3, -0.25) is 9.78 Å². The van der Waals surface area contributed by atoms with E-state index in [-0.39, 0.29) is 13.0 Å². The number of carbonyl (C=O) groups is 1. The molecule has 2 aromatic carbocycles. The maximum absolute atomic E-state index is 12.8. The van der Waals surface area contributed by atoms with Crippen LogP contribution in [-0.2, 0) is 16.0 Å². The number of aromatic nitrogens is 4. The summed E-state index contributed by atoms with van der Waals surface area (Å²) in [5.74, 6) is -0.451. The predicted octanol–water partition coefficient (Wildman–Crippen LogP) is 6.07. The number of hydrogen-bond acceptors (Lipinski definition) is 9. The molecule has 210 valence electrons. The van der Waals surface area contributed by atoms with Gasteiger partial charge in [0.25, 0.3) is 0 Å². The van der Waals surface area contributed by atoms with Gasteiger partial charge in [0.05, 0.1) is 35.5 Å². The van der Waals surface area contributed by atoms with Gasteiger partial charge in [-0.05, 0) is 60.9 Å². The molecule has 0 bridgehead atoms. The second-order valence-electron chi connectivity index (χ2n) is 10.1. The lowest BCUT2D eigenvalue weighted by Crippen LogP contribution is -2.42. The van der Waals surface area contributed by atoms with E-state index in [1.807, 2.05) is 56.3 Å². The Balaban J connectivity index is 1.57. The lowest BCUT2D eigenvalue weighted by molar-refractivity contribution is -0.470. The second-order valence-corrected chi connectivity index (χ2v) is 11.6. The third-order valence-corrected chi connectivity index (χ3v) is 7.64. The minimum Gasteiger partial charge on any atom is -0.847 e. The minimum absolute atomic E-state index is 0.0280. The zero-order chi connectivity index (χ0) is 29.1. The summed E-state index contributed by atoms with van der Waals surface area (Å²) < 4.78 is 11.6. The highest BCUT2D eigenvalue weighted by atomic mass is 35.5. The van der Waals surface area contributed by atoms with E-state index in [1.54, 1.807) is 18.6 Å². The zero-order valence-electron chi connectivity index (χ0n) is 23.1. The van der Waals surface area contributed by atoms with Crippen LogP contribution in [0.3, 0.4) is 0 Å². The maximum atomic E-state index is 12.8. The summed E-state index contributed by atoms with van der Waals surface area (Å²) in [4.78, 5) is 30.8. The first-order valence-electron chi connectivity index (χ1n) is 13.1. The van der Waals surface area contributed by atoms with Crippen molar-refractivity contribution in [3.63, 3.8) is 0 Å². The van der Waals surface area contributed by atoms with Gasteiger partial charge in [0.1, 0.15) is 5.01 Å². The number of fused-ring (bicyclic) bond motifs is 1. The van der Waals surface area contributed by atoms with Gasteiger partial charge in [-0.1, -0.05) is 43.2 Å². The van der Waals surface area contributed by atoms with E-state index in [1.165, 1.54) is 25.2 Å². The molecule has 5 aromatic rings. The molecule has 10 heteroatoms. The fourth-order valence-electron chi connectivity index (χ4n) is 4.33. The SMILES string of the molecule is CCOc1ncc(-c2cc(-c3nc4cc(C)c(CC(=O)OCC(C)(C)[O-])c(-c5ccc(Cl)cc5)c4s3)ccn2)cn1. The van der Waals surface area contributed by atoms with Crippen molar-refractivity contribution in [2.75, 3.05) is 13.2 Å². The Kier molecular flexibility index (Phi) is 8.30. The Morgan fingerprint density at radius 2 is 1.76 bits per heavy atom. The molecular weight excluding hydrogens is 560 g/mol. The Morgan fingerprint density at radius 3 is 2.44 bits per heavy atom. The Morgan fingerprint density at radius 1 is 1.02 bits per heavy atom. The Bertz CT molecular complexity index is 1700. The number of pyridine rings is 1. The molecule has 5 rings (SSSR count). The summed E-state index contributed by atoms with van der Waals surface area (Å²) in [7, 11) is 0. The van der Waals surface area contributed by atoms with Crippen LogP contribution in [0.1, 0.15) is 31.9 Å². The molecule has 3 aromatic heterocycles. The van der Waals surface area contributed by atoms with Crippen LogP contribution >= 0.6 is 22.9 Å². The molecule has 0 radical (unpaired) electrons. The summed E-state index contributed by atoms with van der Waals surface area (Å²) in [5, 5.41) is 13.4. The smallest absolute Gasteiger partial charge is 0.316 e. The standard InChI is InChI=1S/C31H28ClN4O4S/c1-5-39-30-34-15-21(16-35-30)24-13-20(10-11-33-24)29-36-25-12-18(2)23(14-26(37)40-17-31(3,4)38)27(28(25)41-29)19-6-8-22(32)9-7-19/h6-13,15-16H,5,14,17H2,1-4H3/q-1. The number of ether oxygens (including phenoxy) is 2. The molecule has 0 aliphatic carbocycles. The summed E-state index contributed by atoms with van der Waals surface area (Å²) in [5.41, 5.74) is 5.35. The lowest BCUT2D eigenvalue weighted by Gasteiger charge is -2.30. The van der Waals surface area contributed by atoms with Gasteiger partial charge >= 0.3 is 12.0 Å². The van der Waals surface area contributed by atoms with Crippen molar-refractivity contribution in [2.45, 2.75) is 39.7 Å². The van der Waals surface area contributed by atoms with Crippen molar-refractivity contribution in [1.82, 2.24) is 19.9 Å². The molecule has 0 saturated carbocycles. The van der Waals surface area contributed by atoms with E-state index in [4.69, 9.17) is 26.1 Å². The summed E-state index contributed by atoms with van der Waals surface area (Å²) >= 11 is 7.73.